The molecule has 0 aromatic heterocycles. The summed E-state index contributed by atoms with van der Waals surface area (Å²) >= 11 is 0. The molecule has 0 bridgehead atoms. The standard InChI is InChI=1S/C18H23NO/c1-3-20-18-10-5-4-9-17(18)14-19-12-11-16-8-6-7-15(2)13-16/h4-10,13,19H,3,11-12,14H2,1-2H3. The average Bonchev–Trinajstić information content (AvgIpc) is 2.46. The zero-order valence-electron chi connectivity index (χ0n) is 12.4. The van der Waals surface area contributed by atoms with Crippen LogP contribution in [-0.2, 0) is 13.0 Å². The summed E-state index contributed by atoms with van der Waals surface area (Å²) in [6.45, 7) is 6.68. The first-order chi connectivity index (χ1) is 9.79. The molecule has 2 aromatic rings. The van der Waals surface area contributed by atoms with Crippen molar-refractivity contribution in [2.75, 3.05) is 13.2 Å². The zero-order valence-corrected chi connectivity index (χ0v) is 12.4. The number of hydrogen-bond acceptors (Lipinski definition) is 2. The number of benzene rings is 2. The molecule has 0 fully saturated rings. The van der Waals surface area contributed by atoms with Crippen LogP contribution < -0.4 is 10.1 Å². The maximum Gasteiger partial charge on any atom is 0.123 e. The van der Waals surface area contributed by atoms with Crippen LogP contribution in [0, 0.1) is 6.92 Å². The highest BCUT2D eigenvalue weighted by Gasteiger charge is 2.01. The zero-order chi connectivity index (χ0) is 14.2. The second-order valence-corrected chi connectivity index (χ2v) is 4.96. The topological polar surface area (TPSA) is 21.3 Å². The van der Waals surface area contributed by atoms with Gasteiger partial charge in [-0.25, -0.2) is 0 Å². The van der Waals surface area contributed by atoms with Crippen molar-refractivity contribution in [2.45, 2.75) is 26.8 Å². The van der Waals surface area contributed by atoms with E-state index in [-0.39, 0.29) is 0 Å². The Morgan fingerprint density at radius 2 is 1.90 bits per heavy atom. The highest BCUT2D eigenvalue weighted by Crippen LogP contribution is 2.17. The molecular weight excluding hydrogens is 246 g/mol. The molecule has 0 unspecified atom stereocenters. The Morgan fingerprint density at radius 1 is 1.05 bits per heavy atom. The van der Waals surface area contributed by atoms with Gasteiger partial charge in [0.25, 0.3) is 0 Å². The second kappa shape index (κ2) is 7.71. The average molecular weight is 269 g/mol. The van der Waals surface area contributed by atoms with Crippen molar-refractivity contribution < 1.29 is 4.74 Å². The lowest BCUT2D eigenvalue weighted by Crippen LogP contribution is -2.17. The smallest absolute Gasteiger partial charge is 0.123 e. The number of nitrogens with one attached hydrogen (secondary N) is 1. The summed E-state index contributed by atoms with van der Waals surface area (Å²) in [5, 5.41) is 3.49. The molecule has 20 heavy (non-hydrogen) atoms. The Morgan fingerprint density at radius 3 is 2.70 bits per heavy atom. The fraction of sp³-hybridized carbons (Fsp3) is 0.333. The summed E-state index contributed by atoms with van der Waals surface area (Å²) in [5.74, 6) is 0.984. The molecule has 106 valence electrons. The minimum absolute atomic E-state index is 0.709. The van der Waals surface area contributed by atoms with Crippen molar-refractivity contribution in [1.82, 2.24) is 5.32 Å². The number of hydrogen-bond donors (Lipinski definition) is 1. The molecule has 0 atom stereocenters. The van der Waals surface area contributed by atoms with Crippen molar-refractivity contribution in [3.8, 4) is 5.75 Å². The monoisotopic (exact) mass is 269 g/mol. The fourth-order valence-electron chi connectivity index (χ4n) is 2.27. The molecule has 0 heterocycles. The van der Waals surface area contributed by atoms with E-state index < -0.39 is 0 Å². The third-order valence-electron chi connectivity index (χ3n) is 3.26. The van der Waals surface area contributed by atoms with Gasteiger partial charge < -0.3 is 10.1 Å². The predicted octanol–water partition coefficient (Wildman–Crippen LogP) is 3.73. The normalized spacial score (nSPS) is 10.5. The van der Waals surface area contributed by atoms with Crippen LogP contribution in [0.5, 0.6) is 5.75 Å². The molecule has 0 saturated heterocycles. The molecule has 0 aliphatic heterocycles. The van der Waals surface area contributed by atoms with Gasteiger partial charge in [0.15, 0.2) is 0 Å². The number of aryl methyl sites for hydroxylation is 1. The maximum atomic E-state index is 5.63. The first kappa shape index (κ1) is 14.6. The Kier molecular flexibility index (Phi) is 5.63. The number of rotatable bonds is 7. The van der Waals surface area contributed by atoms with Gasteiger partial charge in [-0.15, -0.1) is 0 Å². The van der Waals surface area contributed by atoms with E-state index in [1.807, 2.05) is 19.1 Å². The molecule has 0 amide bonds. The van der Waals surface area contributed by atoms with Crippen LogP contribution in [0.4, 0.5) is 0 Å². The van der Waals surface area contributed by atoms with E-state index in [0.717, 1.165) is 25.3 Å². The number of ether oxygens (including phenoxy) is 1. The molecule has 2 rings (SSSR count). The molecular formula is C18H23NO. The van der Waals surface area contributed by atoms with Gasteiger partial charge in [-0.05, 0) is 38.4 Å². The van der Waals surface area contributed by atoms with E-state index in [1.165, 1.54) is 16.7 Å². The Hall–Kier alpha value is -1.80. The van der Waals surface area contributed by atoms with Gasteiger partial charge in [0, 0.05) is 12.1 Å². The Balaban J connectivity index is 1.81. The van der Waals surface area contributed by atoms with Crippen LogP contribution in [0.3, 0.4) is 0 Å². The highest BCUT2D eigenvalue weighted by atomic mass is 16.5. The van der Waals surface area contributed by atoms with E-state index in [4.69, 9.17) is 4.74 Å². The minimum atomic E-state index is 0.709. The van der Waals surface area contributed by atoms with Gasteiger partial charge in [0.2, 0.25) is 0 Å². The van der Waals surface area contributed by atoms with Crippen molar-refractivity contribution in [3.05, 3.63) is 65.2 Å². The lowest BCUT2D eigenvalue weighted by Gasteiger charge is -2.11. The van der Waals surface area contributed by atoms with E-state index in [1.54, 1.807) is 0 Å². The molecule has 0 aliphatic carbocycles. The lowest BCUT2D eigenvalue weighted by atomic mass is 10.1. The van der Waals surface area contributed by atoms with E-state index in [0.29, 0.717) is 6.61 Å². The molecule has 2 aromatic carbocycles. The fourth-order valence-corrected chi connectivity index (χ4v) is 2.27. The number of para-hydroxylation sites is 1. The van der Waals surface area contributed by atoms with Crippen LogP contribution in [-0.4, -0.2) is 13.2 Å². The quantitative estimate of drug-likeness (QED) is 0.773. The molecule has 0 radical (unpaired) electrons. The van der Waals surface area contributed by atoms with Crippen molar-refractivity contribution >= 4 is 0 Å². The van der Waals surface area contributed by atoms with Crippen molar-refractivity contribution in [3.63, 3.8) is 0 Å². The summed E-state index contributed by atoms with van der Waals surface area (Å²) in [6, 6.07) is 16.9. The van der Waals surface area contributed by atoms with Gasteiger partial charge in [0.1, 0.15) is 5.75 Å². The van der Waals surface area contributed by atoms with Crippen LogP contribution in [0.25, 0.3) is 0 Å². The largest absolute Gasteiger partial charge is 0.494 e. The summed E-state index contributed by atoms with van der Waals surface area (Å²) < 4.78 is 5.63. The summed E-state index contributed by atoms with van der Waals surface area (Å²) in [4.78, 5) is 0. The van der Waals surface area contributed by atoms with Crippen LogP contribution in [0.15, 0.2) is 48.5 Å². The van der Waals surface area contributed by atoms with E-state index in [9.17, 15) is 0 Å². The first-order valence-corrected chi connectivity index (χ1v) is 7.26. The van der Waals surface area contributed by atoms with Crippen LogP contribution in [0.2, 0.25) is 0 Å². The third-order valence-corrected chi connectivity index (χ3v) is 3.26. The Labute approximate surface area is 121 Å². The summed E-state index contributed by atoms with van der Waals surface area (Å²) in [7, 11) is 0. The maximum absolute atomic E-state index is 5.63. The predicted molar refractivity (Wildman–Crippen MR) is 84.2 cm³/mol. The molecule has 0 spiro atoms. The van der Waals surface area contributed by atoms with Gasteiger partial charge in [-0.2, -0.15) is 0 Å². The second-order valence-electron chi connectivity index (χ2n) is 4.96. The van der Waals surface area contributed by atoms with Gasteiger partial charge in [-0.1, -0.05) is 48.0 Å². The highest BCUT2D eigenvalue weighted by molar-refractivity contribution is 5.33. The van der Waals surface area contributed by atoms with Crippen LogP contribution >= 0.6 is 0 Å². The summed E-state index contributed by atoms with van der Waals surface area (Å²) in [6.07, 6.45) is 1.05. The molecule has 0 aliphatic rings. The molecule has 1 N–H and O–H groups in total. The molecule has 2 heteroatoms. The summed E-state index contributed by atoms with van der Waals surface area (Å²) in [5.41, 5.74) is 3.93. The minimum Gasteiger partial charge on any atom is -0.494 e. The van der Waals surface area contributed by atoms with Crippen molar-refractivity contribution in [1.29, 1.82) is 0 Å². The third kappa shape index (κ3) is 4.39. The van der Waals surface area contributed by atoms with Gasteiger partial charge in [-0.3, -0.25) is 0 Å². The Bertz CT molecular complexity index is 536. The van der Waals surface area contributed by atoms with Crippen LogP contribution in [0.1, 0.15) is 23.6 Å². The van der Waals surface area contributed by atoms with Gasteiger partial charge in [0.05, 0.1) is 6.61 Å². The van der Waals surface area contributed by atoms with E-state index >= 15 is 0 Å². The van der Waals surface area contributed by atoms with Gasteiger partial charge >= 0.3 is 0 Å². The molecule has 0 saturated carbocycles. The van der Waals surface area contributed by atoms with Crippen molar-refractivity contribution in [2.24, 2.45) is 0 Å². The molecule has 2 nitrogen and oxygen atoms in total. The SMILES string of the molecule is CCOc1ccccc1CNCCc1cccc(C)c1. The lowest BCUT2D eigenvalue weighted by molar-refractivity contribution is 0.335. The first-order valence-electron chi connectivity index (χ1n) is 7.26. The van der Waals surface area contributed by atoms with E-state index in [2.05, 4.69) is 48.6 Å².